The van der Waals surface area contributed by atoms with Crippen LogP contribution in [-0.4, -0.2) is 65.2 Å². The number of hydrogen-bond donors (Lipinski definition) is 2. The maximum atomic E-state index is 12.5. The first-order chi connectivity index (χ1) is 10.0. The quantitative estimate of drug-likeness (QED) is 0.825. The SMILES string of the molecule is CCN1CCN(C(=O)NC2(CC(=O)O)CCCCC2)CC1. The van der Waals surface area contributed by atoms with Crippen LogP contribution in [-0.2, 0) is 4.79 Å². The number of piperazine rings is 1. The van der Waals surface area contributed by atoms with E-state index in [1.54, 1.807) is 0 Å². The monoisotopic (exact) mass is 297 g/mol. The van der Waals surface area contributed by atoms with Crippen LogP contribution in [0.4, 0.5) is 4.79 Å². The smallest absolute Gasteiger partial charge is 0.317 e. The number of hydrogen-bond acceptors (Lipinski definition) is 3. The van der Waals surface area contributed by atoms with Crippen LogP contribution in [0.15, 0.2) is 0 Å². The molecule has 0 atom stereocenters. The number of nitrogens with one attached hydrogen (secondary N) is 1. The lowest BCUT2D eigenvalue weighted by molar-refractivity contribution is -0.139. The van der Waals surface area contributed by atoms with Crippen molar-refractivity contribution in [2.24, 2.45) is 0 Å². The number of likely N-dealkylation sites (N-methyl/N-ethyl adjacent to an activating group) is 1. The maximum Gasteiger partial charge on any atom is 0.317 e. The van der Waals surface area contributed by atoms with Gasteiger partial charge in [0.15, 0.2) is 0 Å². The van der Waals surface area contributed by atoms with Crippen LogP contribution in [0, 0.1) is 0 Å². The number of urea groups is 1. The van der Waals surface area contributed by atoms with Gasteiger partial charge in [0.25, 0.3) is 0 Å². The normalized spacial score (nSPS) is 22.8. The molecule has 0 aromatic rings. The van der Waals surface area contributed by atoms with E-state index in [0.29, 0.717) is 0 Å². The molecule has 2 fully saturated rings. The van der Waals surface area contributed by atoms with Crippen LogP contribution >= 0.6 is 0 Å². The first kappa shape index (κ1) is 16.1. The number of nitrogens with zero attached hydrogens (tertiary/aromatic N) is 2. The molecule has 2 aliphatic rings. The van der Waals surface area contributed by atoms with Crippen molar-refractivity contribution in [2.75, 3.05) is 32.7 Å². The fraction of sp³-hybridized carbons (Fsp3) is 0.867. The molecular weight excluding hydrogens is 270 g/mol. The highest BCUT2D eigenvalue weighted by molar-refractivity contribution is 5.77. The molecule has 1 saturated heterocycles. The summed E-state index contributed by atoms with van der Waals surface area (Å²) in [7, 11) is 0. The number of carboxylic acids is 1. The maximum absolute atomic E-state index is 12.5. The number of carboxylic acid groups (broad SMARTS) is 1. The summed E-state index contributed by atoms with van der Waals surface area (Å²) in [4.78, 5) is 27.7. The van der Waals surface area contributed by atoms with Gasteiger partial charge in [0.1, 0.15) is 0 Å². The highest BCUT2D eigenvalue weighted by atomic mass is 16.4. The van der Waals surface area contributed by atoms with Crippen LogP contribution in [0.2, 0.25) is 0 Å². The minimum atomic E-state index is -0.826. The number of carbonyl (C=O) groups excluding carboxylic acids is 1. The second kappa shape index (κ2) is 7.11. The van der Waals surface area contributed by atoms with Gasteiger partial charge < -0.3 is 20.2 Å². The van der Waals surface area contributed by atoms with E-state index in [2.05, 4.69) is 17.1 Å². The van der Waals surface area contributed by atoms with E-state index >= 15 is 0 Å². The molecule has 120 valence electrons. The highest BCUT2D eigenvalue weighted by Crippen LogP contribution is 2.31. The number of rotatable bonds is 4. The van der Waals surface area contributed by atoms with Crippen molar-refractivity contribution in [3.05, 3.63) is 0 Å². The van der Waals surface area contributed by atoms with Crippen LogP contribution in [0.5, 0.6) is 0 Å². The second-order valence-electron chi connectivity index (χ2n) is 6.26. The zero-order valence-corrected chi connectivity index (χ0v) is 12.9. The Morgan fingerprint density at radius 3 is 2.24 bits per heavy atom. The minimum absolute atomic E-state index is 0.0354. The Bertz CT molecular complexity index is 372. The summed E-state index contributed by atoms with van der Waals surface area (Å²) in [6.07, 6.45) is 4.72. The molecular formula is C15H27N3O3. The second-order valence-corrected chi connectivity index (χ2v) is 6.26. The van der Waals surface area contributed by atoms with Crippen LogP contribution in [0.3, 0.4) is 0 Å². The van der Waals surface area contributed by atoms with E-state index in [1.165, 1.54) is 0 Å². The van der Waals surface area contributed by atoms with E-state index < -0.39 is 11.5 Å². The molecule has 6 heteroatoms. The number of amides is 2. The Kier molecular flexibility index (Phi) is 5.45. The summed E-state index contributed by atoms with van der Waals surface area (Å²) in [6.45, 7) is 6.38. The molecule has 1 aliphatic carbocycles. The molecule has 1 saturated carbocycles. The Morgan fingerprint density at radius 2 is 1.71 bits per heavy atom. The summed E-state index contributed by atoms with van der Waals surface area (Å²) in [5.41, 5.74) is -0.539. The topological polar surface area (TPSA) is 72.9 Å². The molecule has 1 aliphatic heterocycles. The van der Waals surface area contributed by atoms with Gasteiger partial charge in [-0.25, -0.2) is 4.79 Å². The summed E-state index contributed by atoms with van der Waals surface area (Å²) < 4.78 is 0. The summed E-state index contributed by atoms with van der Waals surface area (Å²) in [5.74, 6) is -0.826. The molecule has 0 aromatic heterocycles. The average Bonchev–Trinajstić information content (AvgIpc) is 2.47. The van der Waals surface area contributed by atoms with Crippen LogP contribution < -0.4 is 5.32 Å². The van der Waals surface area contributed by atoms with Crippen LogP contribution in [0.25, 0.3) is 0 Å². The largest absolute Gasteiger partial charge is 0.481 e. The van der Waals surface area contributed by atoms with Crippen molar-refractivity contribution < 1.29 is 14.7 Å². The predicted molar refractivity (Wildman–Crippen MR) is 80.3 cm³/mol. The number of aliphatic carboxylic acids is 1. The Morgan fingerprint density at radius 1 is 1.10 bits per heavy atom. The van der Waals surface area contributed by atoms with Crippen LogP contribution in [0.1, 0.15) is 45.4 Å². The Hall–Kier alpha value is -1.30. The summed E-state index contributed by atoms with van der Waals surface area (Å²) in [5, 5.41) is 12.2. The zero-order chi connectivity index (χ0) is 15.3. The lowest BCUT2D eigenvalue weighted by Gasteiger charge is -2.40. The molecule has 21 heavy (non-hydrogen) atoms. The van der Waals surface area contributed by atoms with E-state index in [-0.39, 0.29) is 12.5 Å². The Balaban J connectivity index is 1.93. The standard InChI is InChI=1S/C15H27N3O3/c1-2-17-8-10-18(11-9-17)14(21)16-15(12-13(19)20)6-4-3-5-7-15/h2-12H2,1H3,(H,16,21)(H,19,20). The first-order valence-corrected chi connectivity index (χ1v) is 8.06. The molecule has 0 unspecified atom stereocenters. The predicted octanol–water partition coefficient (Wildman–Crippen LogP) is 1.51. The molecule has 0 aromatic carbocycles. The minimum Gasteiger partial charge on any atom is -0.481 e. The average molecular weight is 297 g/mol. The van der Waals surface area contributed by atoms with Gasteiger partial charge in [-0.15, -0.1) is 0 Å². The fourth-order valence-electron chi connectivity index (χ4n) is 3.44. The van der Waals surface area contributed by atoms with Crippen molar-refractivity contribution in [3.8, 4) is 0 Å². The van der Waals surface area contributed by atoms with Crippen molar-refractivity contribution in [3.63, 3.8) is 0 Å². The van der Waals surface area contributed by atoms with E-state index in [9.17, 15) is 9.59 Å². The van der Waals surface area contributed by atoms with Crippen molar-refractivity contribution >= 4 is 12.0 Å². The molecule has 2 rings (SSSR count). The van der Waals surface area contributed by atoms with Gasteiger partial charge in [-0.05, 0) is 19.4 Å². The van der Waals surface area contributed by atoms with Gasteiger partial charge in [-0.2, -0.15) is 0 Å². The highest BCUT2D eigenvalue weighted by Gasteiger charge is 2.37. The fourth-order valence-corrected chi connectivity index (χ4v) is 3.44. The third-order valence-electron chi connectivity index (χ3n) is 4.78. The van der Waals surface area contributed by atoms with Gasteiger partial charge in [0, 0.05) is 26.2 Å². The van der Waals surface area contributed by atoms with Crippen molar-refractivity contribution in [1.29, 1.82) is 0 Å². The van der Waals surface area contributed by atoms with Gasteiger partial charge in [-0.1, -0.05) is 26.2 Å². The molecule has 1 heterocycles. The van der Waals surface area contributed by atoms with Crippen molar-refractivity contribution in [1.82, 2.24) is 15.1 Å². The van der Waals surface area contributed by atoms with Gasteiger partial charge >= 0.3 is 12.0 Å². The molecule has 0 spiro atoms. The number of carbonyl (C=O) groups is 2. The molecule has 6 nitrogen and oxygen atoms in total. The first-order valence-electron chi connectivity index (χ1n) is 8.06. The third kappa shape index (κ3) is 4.33. The van der Waals surface area contributed by atoms with Gasteiger partial charge in [-0.3, -0.25) is 4.79 Å². The molecule has 2 N–H and O–H groups in total. The Labute approximate surface area is 126 Å². The third-order valence-corrected chi connectivity index (χ3v) is 4.78. The molecule has 0 bridgehead atoms. The van der Waals surface area contributed by atoms with E-state index in [0.717, 1.165) is 64.8 Å². The van der Waals surface area contributed by atoms with Gasteiger partial charge in [0.2, 0.25) is 0 Å². The van der Waals surface area contributed by atoms with E-state index in [4.69, 9.17) is 5.11 Å². The van der Waals surface area contributed by atoms with E-state index in [1.807, 2.05) is 4.90 Å². The summed E-state index contributed by atoms with van der Waals surface area (Å²) >= 11 is 0. The van der Waals surface area contributed by atoms with Gasteiger partial charge in [0.05, 0.1) is 12.0 Å². The lowest BCUT2D eigenvalue weighted by Crippen LogP contribution is -2.58. The van der Waals surface area contributed by atoms with Crippen molar-refractivity contribution in [2.45, 2.75) is 51.0 Å². The molecule has 0 radical (unpaired) electrons. The zero-order valence-electron chi connectivity index (χ0n) is 12.9. The summed E-state index contributed by atoms with van der Waals surface area (Å²) in [6, 6.07) is -0.0890. The lowest BCUT2D eigenvalue weighted by atomic mass is 9.79. The molecule has 2 amide bonds.